The average molecular weight is 271 g/mol. The fourth-order valence-corrected chi connectivity index (χ4v) is 1.50. The molecule has 0 spiro atoms. The van der Waals surface area contributed by atoms with Crippen LogP contribution in [0, 0.1) is 11.8 Å². The van der Waals surface area contributed by atoms with E-state index < -0.39 is 4.87 Å². The van der Waals surface area contributed by atoms with Crippen LogP contribution >= 0.6 is 11.6 Å². The molecular weight excluding hydrogens is 256 g/mol. The smallest absolute Gasteiger partial charge is 0.127 e. The van der Waals surface area contributed by atoms with Crippen molar-refractivity contribution in [3.05, 3.63) is 60.2 Å². The van der Waals surface area contributed by atoms with E-state index in [1.165, 1.54) is 0 Å². The predicted octanol–water partition coefficient (Wildman–Crippen LogP) is 4.85. The van der Waals surface area contributed by atoms with E-state index >= 15 is 0 Å². The van der Waals surface area contributed by atoms with Crippen molar-refractivity contribution < 1.29 is 4.74 Å². The number of ether oxygens (including phenoxy) is 1. The number of hydrogen-bond donors (Lipinski definition) is 0. The molecule has 2 heteroatoms. The maximum absolute atomic E-state index is 6.02. The lowest BCUT2D eigenvalue weighted by molar-refractivity contribution is 0.482. The van der Waals surface area contributed by atoms with Gasteiger partial charge in [-0.1, -0.05) is 30.0 Å². The highest BCUT2D eigenvalue weighted by atomic mass is 35.5. The third-order valence-electron chi connectivity index (χ3n) is 2.34. The van der Waals surface area contributed by atoms with Gasteiger partial charge in [0, 0.05) is 5.56 Å². The van der Waals surface area contributed by atoms with Gasteiger partial charge in [-0.2, -0.15) is 0 Å². The molecule has 0 amide bonds. The summed E-state index contributed by atoms with van der Waals surface area (Å²) in [5, 5.41) is 0. The first-order valence-electron chi connectivity index (χ1n) is 6.08. The molecule has 1 nitrogen and oxygen atoms in total. The molecule has 0 aliphatic rings. The lowest BCUT2D eigenvalue weighted by Crippen LogP contribution is -2.04. The molecule has 0 saturated carbocycles. The van der Waals surface area contributed by atoms with Crippen LogP contribution in [-0.4, -0.2) is 4.87 Å². The highest BCUT2D eigenvalue weighted by Crippen LogP contribution is 2.21. The van der Waals surface area contributed by atoms with Crippen LogP contribution < -0.4 is 4.74 Å². The van der Waals surface area contributed by atoms with Crippen molar-refractivity contribution in [3.63, 3.8) is 0 Å². The molecule has 0 bridgehead atoms. The Morgan fingerprint density at radius 3 is 2.05 bits per heavy atom. The van der Waals surface area contributed by atoms with E-state index in [2.05, 4.69) is 11.8 Å². The van der Waals surface area contributed by atoms with Crippen LogP contribution in [0.3, 0.4) is 0 Å². The van der Waals surface area contributed by atoms with Gasteiger partial charge in [-0.15, -0.1) is 11.6 Å². The lowest BCUT2D eigenvalue weighted by Gasteiger charge is -2.05. The van der Waals surface area contributed by atoms with Gasteiger partial charge in [0.05, 0.1) is 4.87 Å². The van der Waals surface area contributed by atoms with E-state index in [4.69, 9.17) is 16.3 Å². The van der Waals surface area contributed by atoms with E-state index in [1.54, 1.807) is 0 Å². The van der Waals surface area contributed by atoms with Gasteiger partial charge in [-0.3, -0.25) is 0 Å². The Hall–Kier alpha value is -1.91. The number of benzene rings is 2. The van der Waals surface area contributed by atoms with Crippen LogP contribution in [0.4, 0.5) is 0 Å². The van der Waals surface area contributed by atoms with Gasteiger partial charge in [0.15, 0.2) is 0 Å². The molecule has 0 atom stereocenters. The quantitative estimate of drug-likeness (QED) is 0.560. The largest absolute Gasteiger partial charge is 0.457 e. The molecule has 0 radical (unpaired) electrons. The van der Waals surface area contributed by atoms with Crippen LogP contribution in [0.25, 0.3) is 0 Å². The molecule has 2 aromatic rings. The molecule has 0 aliphatic heterocycles. The Morgan fingerprint density at radius 2 is 1.47 bits per heavy atom. The highest BCUT2D eigenvalue weighted by Gasteiger charge is 2.06. The molecule has 0 fully saturated rings. The van der Waals surface area contributed by atoms with Gasteiger partial charge in [0.1, 0.15) is 11.5 Å². The van der Waals surface area contributed by atoms with Crippen molar-refractivity contribution in [1.29, 1.82) is 0 Å². The number of hydrogen-bond acceptors (Lipinski definition) is 1. The minimum Gasteiger partial charge on any atom is -0.457 e. The molecule has 96 valence electrons. The third-order valence-corrected chi connectivity index (χ3v) is 2.43. The summed E-state index contributed by atoms with van der Waals surface area (Å²) >= 11 is 6.02. The molecule has 0 aliphatic carbocycles. The van der Waals surface area contributed by atoms with E-state index in [0.29, 0.717) is 0 Å². The Kier molecular flexibility index (Phi) is 4.14. The molecule has 0 saturated heterocycles. The van der Waals surface area contributed by atoms with Crippen molar-refractivity contribution in [2.75, 3.05) is 0 Å². The fraction of sp³-hybridized carbons (Fsp3) is 0.176. The maximum Gasteiger partial charge on any atom is 0.127 e. The summed E-state index contributed by atoms with van der Waals surface area (Å²) in [7, 11) is 0. The van der Waals surface area contributed by atoms with Crippen molar-refractivity contribution in [2.24, 2.45) is 0 Å². The minimum atomic E-state index is -0.501. The van der Waals surface area contributed by atoms with Crippen LogP contribution in [0.5, 0.6) is 11.5 Å². The summed E-state index contributed by atoms with van der Waals surface area (Å²) in [5.74, 6) is 7.64. The van der Waals surface area contributed by atoms with Crippen molar-refractivity contribution in [2.45, 2.75) is 18.7 Å². The zero-order valence-electron chi connectivity index (χ0n) is 11.0. The second-order valence-corrected chi connectivity index (χ2v) is 5.61. The first kappa shape index (κ1) is 13.5. The molecule has 0 aromatic heterocycles. The number of halogens is 1. The molecule has 19 heavy (non-hydrogen) atoms. The third kappa shape index (κ3) is 4.69. The Labute approximate surface area is 119 Å². The molecule has 2 rings (SSSR count). The standard InChI is InChI=1S/C17H15ClO/c1-17(2,18)13-12-14-8-10-16(11-9-14)19-15-6-4-3-5-7-15/h3-11H,1-2H3. The van der Waals surface area contributed by atoms with E-state index in [0.717, 1.165) is 17.1 Å². The zero-order valence-corrected chi connectivity index (χ0v) is 11.7. The van der Waals surface area contributed by atoms with Gasteiger partial charge in [-0.25, -0.2) is 0 Å². The molecule has 0 unspecified atom stereocenters. The van der Waals surface area contributed by atoms with Crippen molar-refractivity contribution in [1.82, 2.24) is 0 Å². The second kappa shape index (κ2) is 5.82. The van der Waals surface area contributed by atoms with Gasteiger partial charge in [0.25, 0.3) is 0 Å². The van der Waals surface area contributed by atoms with Crippen LogP contribution in [0.2, 0.25) is 0 Å². The SMILES string of the molecule is CC(C)(Cl)C#Cc1ccc(Oc2ccccc2)cc1. The molecule has 0 N–H and O–H groups in total. The predicted molar refractivity (Wildman–Crippen MR) is 79.8 cm³/mol. The average Bonchev–Trinajstić information content (AvgIpc) is 2.38. The summed E-state index contributed by atoms with van der Waals surface area (Å²) in [6.45, 7) is 3.74. The first-order chi connectivity index (χ1) is 9.03. The van der Waals surface area contributed by atoms with Crippen molar-refractivity contribution in [3.8, 4) is 23.3 Å². The van der Waals surface area contributed by atoms with Crippen LogP contribution in [-0.2, 0) is 0 Å². The summed E-state index contributed by atoms with van der Waals surface area (Å²) in [5.41, 5.74) is 0.925. The highest BCUT2D eigenvalue weighted by molar-refractivity contribution is 6.25. The monoisotopic (exact) mass is 270 g/mol. The minimum absolute atomic E-state index is 0.501. The Bertz CT molecular complexity index is 583. The second-order valence-electron chi connectivity index (χ2n) is 4.66. The molecular formula is C17H15ClO. The zero-order chi connectivity index (χ0) is 13.7. The topological polar surface area (TPSA) is 9.23 Å². The summed E-state index contributed by atoms with van der Waals surface area (Å²) in [6.07, 6.45) is 0. The van der Waals surface area contributed by atoms with E-state index in [-0.39, 0.29) is 0 Å². The Morgan fingerprint density at radius 1 is 0.895 bits per heavy atom. The lowest BCUT2D eigenvalue weighted by atomic mass is 10.1. The van der Waals surface area contributed by atoms with E-state index in [9.17, 15) is 0 Å². The van der Waals surface area contributed by atoms with Crippen LogP contribution in [0.15, 0.2) is 54.6 Å². The number of para-hydroxylation sites is 1. The van der Waals surface area contributed by atoms with Crippen molar-refractivity contribution >= 4 is 11.6 Å². The van der Waals surface area contributed by atoms with Gasteiger partial charge in [0.2, 0.25) is 0 Å². The Balaban J connectivity index is 2.08. The maximum atomic E-state index is 6.02. The molecule has 0 heterocycles. The number of alkyl halides is 1. The fourth-order valence-electron chi connectivity index (χ4n) is 1.45. The molecule has 2 aromatic carbocycles. The summed E-state index contributed by atoms with van der Waals surface area (Å²) in [4.78, 5) is -0.501. The summed E-state index contributed by atoms with van der Waals surface area (Å²) < 4.78 is 5.70. The van der Waals surface area contributed by atoms with Gasteiger partial charge < -0.3 is 4.74 Å². The van der Waals surface area contributed by atoms with E-state index in [1.807, 2.05) is 68.4 Å². The summed E-state index contributed by atoms with van der Waals surface area (Å²) in [6, 6.07) is 17.3. The van der Waals surface area contributed by atoms with Crippen LogP contribution in [0.1, 0.15) is 19.4 Å². The first-order valence-corrected chi connectivity index (χ1v) is 6.46. The van der Waals surface area contributed by atoms with Gasteiger partial charge >= 0.3 is 0 Å². The normalized spacial score (nSPS) is 10.5. The van der Waals surface area contributed by atoms with Gasteiger partial charge in [-0.05, 0) is 50.2 Å². The number of rotatable bonds is 2.